The van der Waals surface area contributed by atoms with Gasteiger partial charge in [0.05, 0.1) is 12.5 Å². The fraction of sp³-hybridized carbons (Fsp3) is 0.818. The molecule has 0 radical (unpaired) electrons. The first-order valence-corrected chi connectivity index (χ1v) is 5.80. The minimum atomic E-state index is -0.170. The lowest BCUT2D eigenvalue weighted by atomic mass is 10.1. The number of likely N-dealkylation sites (N-methyl/N-ethyl adjacent to an activating group) is 1. The minimum Gasteiger partial charge on any atom is -0.358 e. The number of hydrogen-bond acceptors (Lipinski definition) is 3. The summed E-state index contributed by atoms with van der Waals surface area (Å²) in [6.07, 6.45) is 1.55. The summed E-state index contributed by atoms with van der Waals surface area (Å²) in [7, 11) is 1.57. The standard InChI is InChI=1S/C11H23N3O2/c1-4-6-14(8-10(15)13-3)11(16)9(5-2)7-12/h9H,4-8,12H2,1-3H3,(H,13,15). The molecule has 0 aliphatic carbocycles. The van der Waals surface area contributed by atoms with Crippen LogP contribution in [0.1, 0.15) is 26.7 Å². The summed E-state index contributed by atoms with van der Waals surface area (Å²) in [5.74, 6) is -0.333. The van der Waals surface area contributed by atoms with Crippen LogP contribution >= 0.6 is 0 Å². The van der Waals surface area contributed by atoms with Crippen LogP contribution in [-0.2, 0) is 9.59 Å². The molecule has 0 spiro atoms. The molecule has 5 nitrogen and oxygen atoms in total. The second-order valence-corrected chi connectivity index (χ2v) is 3.77. The zero-order valence-electron chi connectivity index (χ0n) is 10.5. The lowest BCUT2D eigenvalue weighted by molar-refractivity contribution is -0.139. The van der Waals surface area contributed by atoms with Crippen molar-refractivity contribution in [2.24, 2.45) is 11.7 Å². The first-order chi connectivity index (χ1) is 7.60. The van der Waals surface area contributed by atoms with Crippen LogP contribution in [0.25, 0.3) is 0 Å². The molecule has 3 N–H and O–H groups in total. The monoisotopic (exact) mass is 229 g/mol. The van der Waals surface area contributed by atoms with Crippen molar-refractivity contribution >= 4 is 11.8 Å². The topological polar surface area (TPSA) is 75.4 Å². The van der Waals surface area contributed by atoms with Gasteiger partial charge in [-0.3, -0.25) is 9.59 Å². The van der Waals surface area contributed by atoms with Crippen molar-refractivity contribution in [1.29, 1.82) is 0 Å². The molecule has 0 fully saturated rings. The molecule has 0 saturated carbocycles. The molecule has 0 heterocycles. The largest absolute Gasteiger partial charge is 0.358 e. The third kappa shape index (κ3) is 4.61. The normalized spacial score (nSPS) is 12.0. The van der Waals surface area contributed by atoms with Gasteiger partial charge in [-0.2, -0.15) is 0 Å². The summed E-state index contributed by atoms with van der Waals surface area (Å²) in [5.41, 5.74) is 5.53. The smallest absolute Gasteiger partial charge is 0.239 e. The van der Waals surface area contributed by atoms with Gasteiger partial charge in [0.2, 0.25) is 11.8 Å². The maximum absolute atomic E-state index is 12.0. The quantitative estimate of drug-likeness (QED) is 0.643. The number of amides is 2. The van der Waals surface area contributed by atoms with E-state index in [1.807, 2.05) is 13.8 Å². The van der Waals surface area contributed by atoms with Crippen LogP contribution in [-0.4, -0.2) is 43.4 Å². The zero-order valence-corrected chi connectivity index (χ0v) is 10.5. The van der Waals surface area contributed by atoms with E-state index in [4.69, 9.17) is 5.73 Å². The Morgan fingerprint density at radius 3 is 2.38 bits per heavy atom. The minimum absolute atomic E-state index is 0.0181. The maximum Gasteiger partial charge on any atom is 0.239 e. The highest BCUT2D eigenvalue weighted by Gasteiger charge is 2.22. The van der Waals surface area contributed by atoms with Gasteiger partial charge >= 0.3 is 0 Å². The van der Waals surface area contributed by atoms with E-state index < -0.39 is 0 Å². The van der Waals surface area contributed by atoms with Gasteiger partial charge in [-0.1, -0.05) is 13.8 Å². The number of nitrogens with one attached hydrogen (secondary N) is 1. The average molecular weight is 229 g/mol. The Morgan fingerprint density at radius 1 is 1.38 bits per heavy atom. The summed E-state index contributed by atoms with van der Waals surface area (Å²) in [6.45, 7) is 4.97. The molecule has 0 saturated heterocycles. The van der Waals surface area contributed by atoms with Crippen LogP contribution in [0.4, 0.5) is 0 Å². The highest BCUT2D eigenvalue weighted by Crippen LogP contribution is 2.06. The summed E-state index contributed by atoms with van der Waals surface area (Å²) in [5, 5.41) is 2.52. The van der Waals surface area contributed by atoms with E-state index in [9.17, 15) is 9.59 Å². The molecule has 0 aliphatic rings. The second-order valence-electron chi connectivity index (χ2n) is 3.77. The molecular formula is C11H23N3O2. The molecule has 16 heavy (non-hydrogen) atoms. The van der Waals surface area contributed by atoms with Crippen LogP contribution in [0, 0.1) is 5.92 Å². The first kappa shape index (κ1) is 14.9. The number of nitrogens with zero attached hydrogens (tertiary/aromatic N) is 1. The van der Waals surface area contributed by atoms with Gasteiger partial charge in [-0.25, -0.2) is 0 Å². The van der Waals surface area contributed by atoms with E-state index in [0.29, 0.717) is 19.5 Å². The van der Waals surface area contributed by atoms with E-state index in [0.717, 1.165) is 6.42 Å². The van der Waals surface area contributed by atoms with Gasteiger partial charge in [-0.15, -0.1) is 0 Å². The molecule has 1 atom stereocenters. The number of rotatable bonds is 7. The van der Waals surface area contributed by atoms with Gasteiger partial charge in [0.25, 0.3) is 0 Å². The van der Waals surface area contributed by atoms with Crippen LogP contribution in [0.5, 0.6) is 0 Å². The summed E-state index contributed by atoms with van der Waals surface area (Å²) in [4.78, 5) is 24.9. The van der Waals surface area contributed by atoms with Crippen LogP contribution in [0.2, 0.25) is 0 Å². The van der Waals surface area contributed by atoms with Crippen molar-refractivity contribution in [2.75, 3.05) is 26.7 Å². The fourth-order valence-electron chi connectivity index (χ4n) is 1.49. The van der Waals surface area contributed by atoms with E-state index in [1.165, 1.54) is 0 Å². The Kier molecular flexibility index (Phi) is 7.54. The van der Waals surface area contributed by atoms with Gasteiger partial charge < -0.3 is 16.0 Å². The van der Waals surface area contributed by atoms with Crippen molar-refractivity contribution in [1.82, 2.24) is 10.2 Å². The summed E-state index contributed by atoms with van der Waals surface area (Å²) >= 11 is 0. The molecule has 94 valence electrons. The number of carbonyl (C=O) groups is 2. The Labute approximate surface area is 97.4 Å². The summed E-state index contributed by atoms with van der Waals surface area (Å²) < 4.78 is 0. The van der Waals surface area contributed by atoms with Crippen molar-refractivity contribution in [3.8, 4) is 0 Å². The Hall–Kier alpha value is -1.10. The highest BCUT2D eigenvalue weighted by atomic mass is 16.2. The van der Waals surface area contributed by atoms with Crippen molar-refractivity contribution < 1.29 is 9.59 Å². The lowest BCUT2D eigenvalue weighted by Crippen LogP contribution is -2.44. The molecule has 1 unspecified atom stereocenters. The SMILES string of the molecule is CCCN(CC(=O)NC)C(=O)C(CC)CN. The van der Waals surface area contributed by atoms with Crippen LogP contribution < -0.4 is 11.1 Å². The molecular weight excluding hydrogens is 206 g/mol. The van der Waals surface area contributed by atoms with Crippen LogP contribution in [0.15, 0.2) is 0 Å². The van der Waals surface area contributed by atoms with Gasteiger partial charge in [0, 0.05) is 20.1 Å². The third-order valence-electron chi connectivity index (χ3n) is 2.55. The lowest BCUT2D eigenvalue weighted by Gasteiger charge is -2.25. The molecule has 0 aromatic carbocycles. The Bertz CT molecular complexity index is 227. The number of hydrogen-bond donors (Lipinski definition) is 2. The average Bonchev–Trinajstić information content (AvgIpc) is 2.29. The van der Waals surface area contributed by atoms with Crippen molar-refractivity contribution in [3.05, 3.63) is 0 Å². The fourth-order valence-corrected chi connectivity index (χ4v) is 1.49. The Balaban J connectivity index is 4.50. The molecule has 0 aromatic rings. The van der Waals surface area contributed by atoms with Crippen molar-refractivity contribution in [2.45, 2.75) is 26.7 Å². The van der Waals surface area contributed by atoms with Gasteiger partial charge in [-0.05, 0) is 12.8 Å². The second kappa shape index (κ2) is 8.10. The van der Waals surface area contributed by atoms with Crippen molar-refractivity contribution in [3.63, 3.8) is 0 Å². The molecule has 2 amide bonds. The third-order valence-corrected chi connectivity index (χ3v) is 2.55. The predicted molar refractivity (Wildman–Crippen MR) is 63.8 cm³/mol. The number of carbonyl (C=O) groups excluding carboxylic acids is 2. The molecule has 0 rings (SSSR count). The van der Waals surface area contributed by atoms with E-state index in [1.54, 1.807) is 11.9 Å². The highest BCUT2D eigenvalue weighted by molar-refractivity contribution is 5.85. The molecule has 0 aromatic heterocycles. The van der Waals surface area contributed by atoms with Crippen LogP contribution in [0.3, 0.4) is 0 Å². The first-order valence-electron chi connectivity index (χ1n) is 5.80. The number of nitrogens with two attached hydrogens (primary N) is 1. The van der Waals surface area contributed by atoms with Gasteiger partial charge in [0.1, 0.15) is 0 Å². The zero-order chi connectivity index (χ0) is 12.6. The van der Waals surface area contributed by atoms with Gasteiger partial charge in [0.15, 0.2) is 0 Å². The molecule has 5 heteroatoms. The van der Waals surface area contributed by atoms with E-state index >= 15 is 0 Å². The summed E-state index contributed by atoms with van der Waals surface area (Å²) in [6, 6.07) is 0. The van der Waals surface area contributed by atoms with E-state index in [-0.39, 0.29) is 24.3 Å². The van der Waals surface area contributed by atoms with E-state index in [2.05, 4.69) is 5.32 Å². The molecule has 0 bridgehead atoms. The Morgan fingerprint density at radius 2 is 2.00 bits per heavy atom. The predicted octanol–water partition coefficient (Wildman–Crippen LogP) is -0.0441. The molecule has 0 aliphatic heterocycles. The maximum atomic E-state index is 12.0.